The minimum Gasteiger partial charge on any atom is -0.224 e. The normalized spacial score (nSPS) is 26.7. The van der Waals surface area contributed by atoms with E-state index in [1.807, 2.05) is 0 Å². The number of rotatable bonds is 0. The molecule has 2 aliphatic carbocycles. The van der Waals surface area contributed by atoms with Gasteiger partial charge in [-0.1, -0.05) is 67.9 Å². The van der Waals surface area contributed by atoms with Gasteiger partial charge in [-0.15, -0.1) is 5.56 Å². The Morgan fingerprint density at radius 2 is 2.00 bits per heavy atom. The molecule has 1 atom stereocenters. The van der Waals surface area contributed by atoms with Crippen molar-refractivity contribution in [2.45, 2.75) is 38.0 Å². The number of allylic oxidation sites excluding steroid dienone is 1. The van der Waals surface area contributed by atoms with Crippen molar-refractivity contribution >= 4 is 6.08 Å². The molecular formula is C15H17Y-. The summed E-state index contributed by atoms with van der Waals surface area (Å²) in [7, 11) is 0. The second-order valence-corrected chi connectivity index (χ2v) is 4.99. The molecule has 1 heteroatoms. The number of fused-ring (bicyclic) bond motifs is 3. The summed E-state index contributed by atoms with van der Waals surface area (Å²) in [6, 6.07) is 8.86. The molecule has 0 heterocycles. The summed E-state index contributed by atoms with van der Waals surface area (Å²) < 4.78 is 0. The maximum Gasteiger partial charge on any atom is 0 e. The Morgan fingerprint density at radius 1 is 1.19 bits per heavy atom. The van der Waals surface area contributed by atoms with Gasteiger partial charge < -0.3 is 0 Å². The molecule has 1 saturated carbocycles. The van der Waals surface area contributed by atoms with Crippen LogP contribution in [0.25, 0.3) is 6.08 Å². The van der Waals surface area contributed by atoms with Crippen LogP contribution in [0.4, 0.5) is 0 Å². The van der Waals surface area contributed by atoms with E-state index < -0.39 is 0 Å². The fraction of sp³-hybridized carbons (Fsp3) is 0.400. The molecule has 1 fully saturated rings. The Kier molecular flexibility index (Phi) is 3.61. The molecule has 3 rings (SSSR count). The van der Waals surface area contributed by atoms with Crippen LogP contribution in [0.1, 0.15) is 43.7 Å². The molecule has 1 aromatic rings. The molecule has 1 radical (unpaired) electrons. The Hall–Kier alpha value is -0.0661. The molecule has 2 aliphatic rings. The molecule has 81 valence electrons. The molecule has 0 amide bonds. The third-order valence-electron chi connectivity index (χ3n) is 4.10. The molecule has 1 aromatic carbocycles. The Bertz CT molecular complexity index is 408. The van der Waals surface area contributed by atoms with Gasteiger partial charge >= 0.3 is 0 Å². The third-order valence-corrected chi connectivity index (χ3v) is 4.10. The van der Waals surface area contributed by atoms with E-state index >= 15 is 0 Å². The predicted octanol–water partition coefficient (Wildman–Crippen LogP) is 4.12. The molecule has 0 aromatic heterocycles. The third kappa shape index (κ3) is 1.81. The molecule has 0 spiro atoms. The first-order chi connectivity index (χ1) is 7.31. The van der Waals surface area contributed by atoms with Crippen molar-refractivity contribution < 1.29 is 32.7 Å². The van der Waals surface area contributed by atoms with Crippen molar-refractivity contribution in [3.63, 3.8) is 0 Å². The van der Waals surface area contributed by atoms with Gasteiger partial charge in [0.2, 0.25) is 0 Å². The monoisotopic (exact) mass is 286 g/mol. The second-order valence-electron chi connectivity index (χ2n) is 4.99. The molecule has 0 N–H and O–H groups in total. The summed E-state index contributed by atoms with van der Waals surface area (Å²) >= 11 is 0. The minimum absolute atomic E-state index is 0. The zero-order valence-electron chi connectivity index (χ0n) is 9.87. The fourth-order valence-electron chi connectivity index (χ4n) is 3.14. The van der Waals surface area contributed by atoms with Gasteiger partial charge in [0.05, 0.1) is 0 Å². The largest absolute Gasteiger partial charge is 0.224 e. The van der Waals surface area contributed by atoms with Crippen LogP contribution in [-0.2, 0) is 38.1 Å². The SMILES string of the molecule is CC12CCCC[C-]1C=Cc1ccccc12.[Y]. The van der Waals surface area contributed by atoms with Crippen LogP contribution in [0, 0.1) is 5.92 Å². The first kappa shape index (κ1) is 12.4. The van der Waals surface area contributed by atoms with Crippen molar-refractivity contribution in [2.24, 2.45) is 0 Å². The first-order valence-corrected chi connectivity index (χ1v) is 5.95. The Balaban J connectivity index is 0.000000963. The van der Waals surface area contributed by atoms with Gasteiger partial charge in [-0.05, 0) is 0 Å². The van der Waals surface area contributed by atoms with Crippen LogP contribution in [0.2, 0.25) is 0 Å². The fourth-order valence-corrected chi connectivity index (χ4v) is 3.14. The summed E-state index contributed by atoms with van der Waals surface area (Å²) in [5, 5.41) is 0. The van der Waals surface area contributed by atoms with Crippen LogP contribution in [-0.4, -0.2) is 0 Å². The molecule has 16 heavy (non-hydrogen) atoms. The molecule has 0 bridgehead atoms. The number of hydrogen-bond donors (Lipinski definition) is 0. The van der Waals surface area contributed by atoms with Gasteiger partial charge in [0.15, 0.2) is 0 Å². The standard InChI is InChI=1S/C15H17.Y/c1-15-11-5-4-7-13(15)10-9-12-6-2-3-8-14(12)15;/h2-3,6,8-10H,4-5,7,11H2,1H3;/q-1;. The van der Waals surface area contributed by atoms with E-state index in [0.717, 1.165) is 0 Å². The van der Waals surface area contributed by atoms with Crippen molar-refractivity contribution in [3.8, 4) is 0 Å². The maximum atomic E-state index is 2.42. The van der Waals surface area contributed by atoms with E-state index in [2.05, 4.69) is 43.3 Å². The molecule has 1 unspecified atom stereocenters. The quantitative estimate of drug-likeness (QED) is 0.629. The van der Waals surface area contributed by atoms with E-state index in [1.54, 1.807) is 11.5 Å². The predicted molar refractivity (Wildman–Crippen MR) is 64.5 cm³/mol. The Morgan fingerprint density at radius 3 is 2.88 bits per heavy atom. The van der Waals surface area contributed by atoms with E-state index in [-0.39, 0.29) is 32.7 Å². The number of benzene rings is 1. The van der Waals surface area contributed by atoms with Crippen molar-refractivity contribution in [1.29, 1.82) is 0 Å². The van der Waals surface area contributed by atoms with E-state index in [4.69, 9.17) is 0 Å². The average Bonchev–Trinajstić information content (AvgIpc) is 2.29. The average molecular weight is 286 g/mol. The summed E-state index contributed by atoms with van der Waals surface area (Å²) in [6.45, 7) is 2.42. The zero-order chi connectivity index (χ0) is 10.3. The van der Waals surface area contributed by atoms with Gasteiger partial charge in [0.25, 0.3) is 0 Å². The van der Waals surface area contributed by atoms with E-state index in [0.29, 0.717) is 5.41 Å². The first-order valence-electron chi connectivity index (χ1n) is 5.95. The van der Waals surface area contributed by atoms with Crippen molar-refractivity contribution in [2.75, 3.05) is 0 Å². The number of hydrogen-bond acceptors (Lipinski definition) is 0. The van der Waals surface area contributed by atoms with Crippen LogP contribution in [0.3, 0.4) is 0 Å². The summed E-state index contributed by atoms with van der Waals surface area (Å²) in [6.07, 6.45) is 10.0. The molecular weight excluding hydrogens is 269 g/mol. The second kappa shape index (κ2) is 4.66. The van der Waals surface area contributed by atoms with Crippen molar-refractivity contribution in [3.05, 3.63) is 47.4 Å². The van der Waals surface area contributed by atoms with E-state index in [1.165, 1.54) is 31.2 Å². The van der Waals surface area contributed by atoms with Crippen molar-refractivity contribution in [1.82, 2.24) is 0 Å². The van der Waals surface area contributed by atoms with Gasteiger partial charge in [-0.3, -0.25) is 0 Å². The maximum absolute atomic E-state index is 2.42. The van der Waals surface area contributed by atoms with Crippen LogP contribution < -0.4 is 0 Å². The van der Waals surface area contributed by atoms with Gasteiger partial charge in [-0.25, -0.2) is 18.1 Å². The molecule has 0 saturated heterocycles. The van der Waals surface area contributed by atoms with Gasteiger partial charge in [0, 0.05) is 32.7 Å². The van der Waals surface area contributed by atoms with Crippen LogP contribution in [0.15, 0.2) is 30.3 Å². The zero-order valence-corrected chi connectivity index (χ0v) is 12.7. The van der Waals surface area contributed by atoms with E-state index in [9.17, 15) is 0 Å². The van der Waals surface area contributed by atoms with Crippen LogP contribution in [0.5, 0.6) is 0 Å². The molecule has 0 aliphatic heterocycles. The topological polar surface area (TPSA) is 0 Å². The minimum atomic E-state index is 0. The smallest absolute Gasteiger partial charge is 0 e. The summed E-state index contributed by atoms with van der Waals surface area (Å²) in [4.78, 5) is 0. The van der Waals surface area contributed by atoms with Crippen LogP contribution >= 0.6 is 0 Å². The van der Waals surface area contributed by atoms with Gasteiger partial charge in [0.1, 0.15) is 0 Å². The summed E-state index contributed by atoms with van der Waals surface area (Å²) in [5.41, 5.74) is 3.30. The van der Waals surface area contributed by atoms with Gasteiger partial charge in [-0.2, -0.15) is 0 Å². The summed E-state index contributed by atoms with van der Waals surface area (Å²) in [5.74, 6) is 1.65. The molecule has 0 nitrogen and oxygen atoms in total. The Labute approximate surface area is 123 Å².